The Bertz CT molecular complexity index is 1110. The highest BCUT2D eigenvalue weighted by Gasteiger charge is 2.37. The zero-order chi connectivity index (χ0) is 23.6. The Balaban J connectivity index is 1.53. The number of nitrogens with zero attached hydrogens (tertiary/aromatic N) is 2. The second-order valence-corrected chi connectivity index (χ2v) is 9.96. The van der Waals surface area contributed by atoms with E-state index in [0.717, 1.165) is 12.0 Å². The van der Waals surface area contributed by atoms with Gasteiger partial charge in [0.05, 0.1) is 16.8 Å². The van der Waals surface area contributed by atoms with Crippen molar-refractivity contribution in [3.8, 4) is 0 Å². The van der Waals surface area contributed by atoms with E-state index in [0.29, 0.717) is 67.0 Å². The molecule has 2 aliphatic rings. The average molecular weight is 449 g/mol. The second kappa shape index (κ2) is 9.46. The van der Waals surface area contributed by atoms with Gasteiger partial charge in [-0.1, -0.05) is 56.3 Å². The highest BCUT2D eigenvalue weighted by Crippen LogP contribution is 2.37. The molecule has 0 spiro atoms. The number of aliphatic hydroxyl groups excluding tert-OH is 1. The van der Waals surface area contributed by atoms with Crippen molar-refractivity contribution in [3.63, 3.8) is 0 Å². The molecule has 33 heavy (non-hydrogen) atoms. The molecule has 1 unspecified atom stereocenters. The summed E-state index contributed by atoms with van der Waals surface area (Å²) in [4.78, 5) is 30.4. The van der Waals surface area contributed by atoms with Crippen molar-refractivity contribution >= 4 is 17.3 Å². The monoisotopic (exact) mass is 448 g/mol. The average Bonchev–Trinajstić information content (AvgIpc) is 3.19. The summed E-state index contributed by atoms with van der Waals surface area (Å²) in [7, 11) is 0. The first kappa shape index (κ1) is 23.1. The Labute approximate surface area is 194 Å². The van der Waals surface area contributed by atoms with Gasteiger partial charge in [0.2, 0.25) is 0 Å². The van der Waals surface area contributed by atoms with Crippen molar-refractivity contribution in [3.05, 3.63) is 64.2 Å². The quantitative estimate of drug-likeness (QED) is 0.460. The zero-order valence-electron chi connectivity index (χ0n) is 19.7. The van der Waals surface area contributed by atoms with Gasteiger partial charge in [-0.25, -0.2) is 0 Å². The summed E-state index contributed by atoms with van der Waals surface area (Å²) in [6.07, 6.45) is 3.54. The van der Waals surface area contributed by atoms with Crippen molar-refractivity contribution in [2.75, 3.05) is 6.54 Å². The fourth-order valence-electron chi connectivity index (χ4n) is 4.93. The van der Waals surface area contributed by atoms with Crippen molar-refractivity contribution in [1.29, 1.82) is 0 Å². The number of aliphatic imine (C=N–C) groups is 1. The number of Topliss-reactive ketones (excluding diaryl/α,β-unsaturated/α-hetero) is 2. The molecule has 6 nitrogen and oxygen atoms in total. The summed E-state index contributed by atoms with van der Waals surface area (Å²) in [6.45, 7) is 6.77. The minimum Gasteiger partial charge on any atom is -0.511 e. The van der Waals surface area contributed by atoms with Gasteiger partial charge in [-0.2, -0.15) is 0 Å². The Morgan fingerprint density at radius 3 is 2.64 bits per heavy atom. The summed E-state index contributed by atoms with van der Waals surface area (Å²) < 4.78 is 5.55. The highest BCUT2D eigenvalue weighted by atomic mass is 16.5. The maximum atomic E-state index is 12.9. The predicted molar refractivity (Wildman–Crippen MR) is 127 cm³/mol. The number of hydrogen-bond donors (Lipinski definition) is 1. The third-order valence-electron chi connectivity index (χ3n) is 6.51. The molecule has 0 saturated heterocycles. The molecular weight excluding hydrogens is 416 g/mol. The minimum absolute atomic E-state index is 0.0224. The van der Waals surface area contributed by atoms with Crippen LogP contribution in [0, 0.1) is 5.41 Å². The molecule has 0 amide bonds. The summed E-state index contributed by atoms with van der Waals surface area (Å²) in [5, 5.41) is 15.0. The van der Waals surface area contributed by atoms with Crippen molar-refractivity contribution in [2.45, 2.75) is 71.6 Å². The van der Waals surface area contributed by atoms with Gasteiger partial charge in [0.15, 0.2) is 11.6 Å². The molecule has 0 bridgehead atoms. The number of aryl methyl sites for hydroxylation is 1. The number of rotatable bonds is 6. The number of ketones is 2. The first-order chi connectivity index (χ1) is 15.8. The van der Waals surface area contributed by atoms with Crippen LogP contribution in [0.4, 0.5) is 0 Å². The second-order valence-electron chi connectivity index (χ2n) is 9.96. The van der Waals surface area contributed by atoms with Gasteiger partial charge in [0.1, 0.15) is 11.5 Å². The molecule has 1 fully saturated rings. The first-order valence-electron chi connectivity index (χ1n) is 11.8. The molecule has 1 heterocycles. The molecule has 1 aromatic heterocycles. The van der Waals surface area contributed by atoms with Gasteiger partial charge in [0.25, 0.3) is 0 Å². The van der Waals surface area contributed by atoms with E-state index in [4.69, 9.17) is 4.52 Å². The van der Waals surface area contributed by atoms with E-state index in [2.05, 4.69) is 24.0 Å². The van der Waals surface area contributed by atoms with Crippen LogP contribution in [0.2, 0.25) is 0 Å². The minimum atomic E-state index is -0.166. The summed E-state index contributed by atoms with van der Waals surface area (Å²) in [5.41, 5.74) is 3.12. The van der Waals surface area contributed by atoms with E-state index in [1.54, 1.807) is 0 Å². The summed E-state index contributed by atoms with van der Waals surface area (Å²) in [6, 6.07) is 9.98. The molecule has 0 radical (unpaired) electrons. The van der Waals surface area contributed by atoms with Crippen LogP contribution in [0.1, 0.15) is 86.2 Å². The van der Waals surface area contributed by atoms with Crippen molar-refractivity contribution in [2.24, 2.45) is 10.4 Å². The maximum absolute atomic E-state index is 12.9. The Hall–Kier alpha value is -3.02. The largest absolute Gasteiger partial charge is 0.511 e. The van der Waals surface area contributed by atoms with Gasteiger partial charge in [-0.15, -0.1) is 0 Å². The predicted octanol–water partition coefficient (Wildman–Crippen LogP) is 5.57. The molecule has 2 aliphatic carbocycles. The Morgan fingerprint density at radius 1 is 1.15 bits per heavy atom. The van der Waals surface area contributed by atoms with Gasteiger partial charge in [-0.05, 0) is 29.7 Å². The highest BCUT2D eigenvalue weighted by molar-refractivity contribution is 6.24. The first-order valence-corrected chi connectivity index (χ1v) is 11.8. The van der Waals surface area contributed by atoms with E-state index in [-0.39, 0.29) is 35.1 Å². The molecule has 2 aromatic rings. The van der Waals surface area contributed by atoms with Crippen LogP contribution in [0.3, 0.4) is 0 Å². The standard InChI is InChI=1S/C27H32N2O4/c1-4-12-28-20-15-27(2,3)16-23(32)25(20)21(30)11-10-19-26-22(31)13-18(14-24(26)33-29-19)17-8-6-5-7-9-17/h5-9,18,30H,4,10-16H2,1-3H3. The molecule has 1 N–H and O–H groups in total. The molecule has 1 saturated carbocycles. The number of carbonyl (C=O) groups excluding carboxylic acids is 2. The lowest BCUT2D eigenvalue weighted by atomic mass is 9.73. The van der Waals surface area contributed by atoms with Crippen molar-refractivity contribution in [1.82, 2.24) is 5.16 Å². The number of carbonyl (C=O) groups is 2. The summed E-state index contributed by atoms with van der Waals surface area (Å²) >= 11 is 0. The van der Waals surface area contributed by atoms with Crippen LogP contribution in [0.25, 0.3) is 0 Å². The van der Waals surface area contributed by atoms with Crippen LogP contribution >= 0.6 is 0 Å². The van der Waals surface area contributed by atoms with E-state index >= 15 is 0 Å². The number of fused-ring (bicyclic) bond motifs is 1. The van der Waals surface area contributed by atoms with Crippen LogP contribution in [0.15, 0.2) is 51.2 Å². The van der Waals surface area contributed by atoms with Crippen LogP contribution in [-0.2, 0) is 17.6 Å². The zero-order valence-corrected chi connectivity index (χ0v) is 19.7. The number of allylic oxidation sites excluding steroid dienone is 2. The van der Waals surface area contributed by atoms with Gasteiger partial charge >= 0.3 is 0 Å². The van der Waals surface area contributed by atoms with E-state index < -0.39 is 0 Å². The fraction of sp³-hybridized carbons (Fsp3) is 0.481. The smallest absolute Gasteiger partial charge is 0.168 e. The van der Waals surface area contributed by atoms with Crippen LogP contribution < -0.4 is 0 Å². The summed E-state index contributed by atoms with van der Waals surface area (Å²) in [5.74, 6) is 0.690. The van der Waals surface area contributed by atoms with E-state index in [1.165, 1.54) is 0 Å². The SMILES string of the molecule is CCCN=C1CC(C)(C)CC(=O)C1=C(O)CCc1noc2c1C(=O)CC(c1ccccc1)C2. The molecule has 0 aliphatic heterocycles. The van der Waals surface area contributed by atoms with Crippen molar-refractivity contribution < 1.29 is 19.2 Å². The number of aromatic nitrogens is 1. The van der Waals surface area contributed by atoms with Gasteiger partial charge < -0.3 is 9.63 Å². The third-order valence-corrected chi connectivity index (χ3v) is 6.51. The van der Waals surface area contributed by atoms with Crippen LogP contribution in [-0.4, -0.2) is 34.1 Å². The molecule has 174 valence electrons. The molecule has 6 heteroatoms. The molecule has 4 rings (SSSR count). The molecule has 1 aromatic carbocycles. The molecule has 1 atom stereocenters. The maximum Gasteiger partial charge on any atom is 0.168 e. The Morgan fingerprint density at radius 2 is 1.91 bits per heavy atom. The number of benzene rings is 1. The van der Waals surface area contributed by atoms with Gasteiger partial charge in [0, 0.05) is 44.4 Å². The fourth-order valence-corrected chi connectivity index (χ4v) is 4.93. The van der Waals surface area contributed by atoms with Gasteiger partial charge in [-0.3, -0.25) is 14.6 Å². The third kappa shape index (κ3) is 5.00. The van der Waals surface area contributed by atoms with Crippen LogP contribution in [0.5, 0.6) is 0 Å². The lowest BCUT2D eigenvalue weighted by molar-refractivity contribution is -0.117. The normalized spacial score (nSPS) is 23.0. The topological polar surface area (TPSA) is 92.8 Å². The Kier molecular flexibility index (Phi) is 6.63. The number of aliphatic hydroxyl groups is 1. The lowest BCUT2D eigenvalue weighted by Gasteiger charge is -2.31. The number of hydrogen-bond acceptors (Lipinski definition) is 6. The van der Waals surface area contributed by atoms with E-state index in [9.17, 15) is 14.7 Å². The molecular formula is C27H32N2O4. The van der Waals surface area contributed by atoms with E-state index in [1.807, 2.05) is 37.3 Å². The lowest BCUT2D eigenvalue weighted by Crippen LogP contribution is -2.33.